The Morgan fingerprint density at radius 3 is 2.50 bits per heavy atom. The average Bonchev–Trinajstić information content (AvgIpc) is 3.03. The minimum Gasteiger partial charge on any atom is -0.488 e. The zero-order valence-corrected chi connectivity index (χ0v) is 17.8. The number of aliphatic carboxylic acids is 1. The number of ether oxygens (including phenoxy) is 1. The largest absolute Gasteiger partial charge is 0.488 e. The van der Waals surface area contributed by atoms with Crippen LogP contribution in [0.3, 0.4) is 0 Å². The molecule has 1 heterocycles. The number of carboxylic acids is 1. The van der Waals surface area contributed by atoms with Gasteiger partial charge in [-0.1, -0.05) is 41.4 Å². The molecule has 2 aromatic carbocycles. The third kappa shape index (κ3) is 4.66. The van der Waals surface area contributed by atoms with Crippen molar-refractivity contribution in [3.8, 4) is 16.2 Å². The maximum Gasteiger partial charge on any atom is 0.303 e. The second-order valence-corrected chi connectivity index (χ2v) is 8.01. The van der Waals surface area contributed by atoms with Crippen molar-refractivity contribution in [2.45, 2.75) is 33.3 Å². The summed E-state index contributed by atoms with van der Waals surface area (Å²) in [5, 5.41) is 10.00. The lowest BCUT2D eigenvalue weighted by atomic mass is 9.99. The van der Waals surface area contributed by atoms with E-state index in [9.17, 15) is 4.79 Å². The molecule has 146 valence electrons. The molecule has 3 aromatic rings. The molecule has 0 unspecified atom stereocenters. The molecule has 0 bridgehead atoms. The molecule has 0 aliphatic rings. The first-order valence-corrected chi connectivity index (χ1v) is 10.2. The Morgan fingerprint density at radius 2 is 1.82 bits per heavy atom. The molecule has 0 atom stereocenters. The van der Waals surface area contributed by atoms with Gasteiger partial charge in [-0.15, -0.1) is 0 Å². The minimum absolute atomic E-state index is 0.112. The monoisotopic (exact) mass is 435 g/mol. The molecule has 0 aliphatic heterocycles. The third-order valence-electron chi connectivity index (χ3n) is 4.68. The van der Waals surface area contributed by atoms with E-state index in [4.69, 9.17) is 33.0 Å². The van der Waals surface area contributed by atoms with Crippen LogP contribution in [0.4, 0.5) is 0 Å². The number of hydrogen-bond acceptors (Lipinski definition) is 4. The summed E-state index contributed by atoms with van der Waals surface area (Å²) in [5.41, 5.74) is 4.89. The molecular weight excluding hydrogens is 417 g/mol. The summed E-state index contributed by atoms with van der Waals surface area (Å²) in [6, 6.07) is 11.3. The lowest BCUT2D eigenvalue weighted by molar-refractivity contribution is -0.136. The van der Waals surface area contributed by atoms with Gasteiger partial charge in [-0.3, -0.25) is 4.79 Å². The first kappa shape index (κ1) is 20.6. The first-order valence-electron chi connectivity index (χ1n) is 8.70. The molecule has 4 nitrogen and oxygen atoms in total. The summed E-state index contributed by atoms with van der Waals surface area (Å²) >= 11 is 13.6. The molecule has 0 saturated carbocycles. The maximum absolute atomic E-state index is 10.8. The van der Waals surface area contributed by atoms with Gasteiger partial charge in [-0.25, -0.2) is 0 Å². The van der Waals surface area contributed by atoms with Crippen LogP contribution in [0, 0.1) is 13.8 Å². The lowest BCUT2D eigenvalue weighted by Crippen LogP contribution is -2.03. The molecule has 0 aliphatic carbocycles. The Balaban J connectivity index is 1.79. The highest BCUT2D eigenvalue weighted by Crippen LogP contribution is 2.35. The fraction of sp³-hybridized carbons (Fsp3) is 0.238. The molecule has 28 heavy (non-hydrogen) atoms. The lowest BCUT2D eigenvalue weighted by Gasteiger charge is -2.14. The van der Waals surface area contributed by atoms with Gasteiger partial charge in [-0.2, -0.15) is 4.37 Å². The van der Waals surface area contributed by atoms with E-state index in [0.29, 0.717) is 23.2 Å². The minimum atomic E-state index is -0.799. The van der Waals surface area contributed by atoms with Gasteiger partial charge < -0.3 is 9.84 Å². The van der Waals surface area contributed by atoms with E-state index >= 15 is 0 Å². The quantitative estimate of drug-likeness (QED) is 0.470. The van der Waals surface area contributed by atoms with Crippen molar-refractivity contribution in [3.63, 3.8) is 0 Å². The van der Waals surface area contributed by atoms with Gasteiger partial charge in [0.05, 0.1) is 4.88 Å². The standard InChI is InChI=1S/C21H19Cl2NO3S/c1-12-13(2)18(9-5-14(12)6-10-19(25)26)27-11-17-20(28-24-21(17)23)15-3-7-16(22)8-4-15/h3-5,7-9H,6,10-11H2,1-2H3,(H,25,26). The van der Waals surface area contributed by atoms with Crippen LogP contribution in [0.25, 0.3) is 10.4 Å². The van der Waals surface area contributed by atoms with Crippen molar-refractivity contribution < 1.29 is 14.6 Å². The average molecular weight is 436 g/mol. The topological polar surface area (TPSA) is 59.4 Å². The molecular formula is C21H19Cl2NO3S. The van der Waals surface area contributed by atoms with Crippen LogP contribution in [-0.4, -0.2) is 15.4 Å². The normalized spacial score (nSPS) is 10.9. The Morgan fingerprint density at radius 1 is 1.11 bits per heavy atom. The molecule has 0 amide bonds. The molecule has 0 saturated heterocycles. The number of halogens is 2. The number of rotatable bonds is 7. The highest BCUT2D eigenvalue weighted by atomic mass is 35.5. The van der Waals surface area contributed by atoms with E-state index in [-0.39, 0.29) is 6.42 Å². The highest BCUT2D eigenvalue weighted by molar-refractivity contribution is 7.10. The van der Waals surface area contributed by atoms with E-state index in [1.165, 1.54) is 11.5 Å². The molecule has 7 heteroatoms. The van der Waals surface area contributed by atoms with Crippen molar-refractivity contribution in [1.29, 1.82) is 0 Å². The summed E-state index contributed by atoms with van der Waals surface area (Å²) in [6.45, 7) is 4.25. The van der Waals surface area contributed by atoms with Crippen LogP contribution >= 0.6 is 34.7 Å². The van der Waals surface area contributed by atoms with Gasteiger partial charge in [-0.05, 0) is 72.3 Å². The first-order chi connectivity index (χ1) is 13.4. The number of aryl methyl sites for hydroxylation is 1. The second kappa shape index (κ2) is 8.95. The zero-order chi connectivity index (χ0) is 20.3. The van der Waals surface area contributed by atoms with Crippen molar-refractivity contribution in [1.82, 2.24) is 4.37 Å². The van der Waals surface area contributed by atoms with Crippen molar-refractivity contribution >= 4 is 40.7 Å². The van der Waals surface area contributed by atoms with E-state index in [1.54, 1.807) is 0 Å². The zero-order valence-electron chi connectivity index (χ0n) is 15.5. The van der Waals surface area contributed by atoms with Crippen LogP contribution in [0.2, 0.25) is 10.2 Å². The number of carboxylic acid groups (broad SMARTS) is 1. The van der Waals surface area contributed by atoms with Crippen LogP contribution in [-0.2, 0) is 17.8 Å². The Hall–Kier alpha value is -2.08. The van der Waals surface area contributed by atoms with Gasteiger partial charge in [0.1, 0.15) is 17.5 Å². The summed E-state index contributed by atoms with van der Waals surface area (Å²) in [5.74, 6) is -0.0485. The van der Waals surface area contributed by atoms with Gasteiger partial charge in [0, 0.05) is 17.0 Å². The SMILES string of the molecule is Cc1c(CCC(=O)O)ccc(OCc2c(Cl)nsc2-c2ccc(Cl)cc2)c1C. The van der Waals surface area contributed by atoms with Gasteiger partial charge in [0.25, 0.3) is 0 Å². The number of nitrogens with zero attached hydrogens (tertiary/aromatic N) is 1. The third-order valence-corrected chi connectivity index (χ3v) is 6.28. The Kier molecular flexibility index (Phi) is 6.60. The predicted molar refractivity (Wildman–Crippen MR) is 114 cm³/mol. The molecule has 3 rings (SSSR count). The predicted octanol–water partition coefficient (Wildman–Crippen LogP) is 6.33. The molecule has 0 spiro atoms. The maximum atomic E-state index is 10.8. The molecule has 1 aromatic heterocycles. The fourth-order valence-electron chi connectivity index (χ4n) is 2.91. The summed E-state index contributed by atoms with van der Waals surface area (Å²) < 4.78 is 10.3. The van der Waals surface area contributed by atoms with Gasteiger partial charge in [0.2, 0.25) is 0 Å². The van der Waals surface area contributed by atoms with Gasteiger partial charge >= 0.3 is 5.97 Å². The summed E-state index contributed by atoms with van der Waals surface area (Å²) in [6.07, 6.45) is 0.615. The number of aromatic nitrogens is 1. The number of carbonyl (C=O) groups is 1. The number of benzene rings is 2. The highest BCUT2D eigenvalue weighted by Gasteiger charge is 2.16. The van der Waals surface area contributed by atoms with Gasteiger partial charge in [0.15, 0.2) is 0 Å². The van der Waals surface area contributed by atoms with Crippen LogP contribution < -0.4 is 4.74 Å². The van der Waals surface area contributed by atoms with Crippen molar-refractivity contribution in [2.24, 2.45) is 0 Å². The Bertz CT molecular complexity index is 1000. The fourth-order valence-corrected chi connectivity index (χ4v) is 4.14. The molecule has 1 N–H and O–H groups in total. The summed E-state index contributed by atoms with van der Waals surface area (Å²) in [7, 11) is 0. The van der Waals surface area contributed by atoms with E-state index in [0.717, 1.165) is 38.4 Å². The van der Waals surface area contributed by atoms with Crippen LogP contribution in [0.15, 0.2) is 36.4 Å². The number of hydrogen-bond donors (Lipinski definition) is 1. The van der Waals surface area contributed by atoms with Crippen molar-refractivity contribution in [2.75, 3.05) is 0 Å². The molecule has 0 fully saturated rings. The smallest absolute Gasteiger partial charge is 0.303 e. The van der Waals surface area contributed by atoms with E-state index < -0.39 is 5.97 Å². The van der Waals surface area contributed by atoms with Crippen LogP contribution in [0.1, 0.15) is 28.7 Å². The van der Waals surface area contributed by atoms with E-state index in [1.807, 2.05) is 50.2 Å². The summed E-state index contributed by atoms with van der Waals surface area (Å²) in [4.78, 5) is 11.8. The van der Waals surface area contributed by atoms with Crippen molar-refractivity contribution in [3.05, 3.63) is 68.8 Å². The van der Waals surface area contributed by atoms with E-state index in [2.05, 4.69) is 4.37 Å². The Labute approximate surface area is 177 Å². The molecule has 0 radical (unpaired) electrons. The van der Waals surface area contributed by atoms with Crippen LogP contribution in [0.5, 0.6) is 5.75 Å². The second-order valence-electron chi connectivity index (χ2n) is 6.44.